The summed E-state index contributed by atoms with van der Waals surface area (Å²) in [6.07, 6.45) is 1.91. The van der Waals surface area contributed by atoms with Gasteiger partial charge in [0.15, 0.2) is 11.7 Å². The fraction of sp³-hybridized carbons (Fsp3) is 0.412. The largest absolute Gasteiger partial charge is 0.484 e. The van der Waals surface area contributed by atoms with Gasteiger partial charge in [-0.15, -0.1) is 11.3 Å². The Bertz CT molecular complexity index is 619. The first-order valence-corrected chi connectivity index (χ1v) is 8.74. The average molecular weight is 333 g/mol. The van der Waals surface area contributed by atoms with Crippen molar-refractivity contribution in [2.24, 2.45) is 0 Å². The van der Waals surface area contributed by atoms with Gasteiger partial charge in [0.25, 0.3) is 5.91 Å². The molecule has 23 heavy (non-hydrogen) atoms. The van der Waals surface area contributed by atoms with Gasteiger partial charge < -0.3 is 15.4 Å². The van der Waals surface area contributed by atoms with Gasteiger partial charge >= 0.3 is 0 Å². The molecule has 1 aromatic heterocycles. The first-order chi connectivity index (χ1) is 11.1. The summed E-state index contributed by atoms with van der Waals surface area (Å²) in [4.78, 5) is 18.3. The van der Waals surface area contributed by atoms with Gasteiger partial charge in [-0.2, -0.15) is 0 Å². The van der Waals surface area contributed by atoms with Crippen LogP contribution in [0.15, 0.2) is 29.6 Å². The summed E-state index contributed by atoms with van der Waals surface area (Å²) in [6.45, 7) is 5.77. The molecule has 1 aromatic carbocycles. The van der Waals surface area contributed by atoms with Crippen molar-refractivity contribution in [2.75, 3.05) is 25.4 Å². The predicted molar refractivity (Wildman–Crippen MR) is 94.6 cm³/mol. The molecular formula is C17H23N3O2S. The number of nitrogen functional groups attached to an aromatic ring is 1. The van der Waals surface area contributed by atoms with Gasteiger partial charge in [-0.25, -0.2) is 4.98 Å². The second kappa shape index (κ2) is 8.53. The minimum absolute atomic E-state index is 0.0325. The molecule has 0 aliphatic rings. The Morgan fingerprint density at radius 3 is 2.39 bits per heavy atom. The second-order valence-electron chi connectivity index (χ2n) is 5.26. The van der Waals surface area contributed by atoms with Crippen molar-refractivity contribution in [1.82, 2.24) is 9.88 Å². The van der Waals surface area contributed by atoms with E-state index < -0.39 is 0 Å². The number of nitrogens with zero attached hydrogens (tertiary/aromatic N) is 2. The van der Waals surface area contributed by atoms with E-state index in [1.807, 2.05) is 34.5 Å². The molecule has 0 spiro atoms. The van der Waals surface area contributed by atoms with Crippen LogP contribution >= 0.6 is 11.3 Å². The third-order valence-corrected chi connectivity index (χ3v) is 4.05. The molecule has 0 fully saturated rings. The van der Waals surface area contributed by atoms with Gasteiger partial charge in [-0.3, -0.25) is 4.79 Å². The van der Waals surface area contributed by atoms with E-state index in [0.29, 0.717) is 10.9 Å². The monoisotopic (exact) mass is 333 g/mol. The highest BCUT2D eigenvalue weighted by atomic mass is 32.1. The van der Waals surface area contributed by atoms with Gasteiger partial charge in [-0.05, 0) is 37.1 Å². The molecule has 0 atom stereocenters. The maximum absolute atomic E-state index is 12.2. The van der Waals surface area contributed by atoms with Crippen LogP contribution in [0.2, 0.25) is 0 Å². The van der Waals surface area contributed by atoms with E-state index in [1.54, 1.807) is 0 Å². The van der Waals surface area contributed by atoms with E-state index in [9.17, 15) is 4.79 Å². The molecule has 0 saturated heterocycles. The minimum Gasteiger partial charge on any atom is -0.484 e. The van der Waals surface area contributed by atoms with Crippen LogP contribution in [0.3, 0.4) is 0 Å². The molecule has 1 amide bonds. The first kappa shape index (κ1) is 17.3. The second-order valence-corrected chi connectivity index (χ2v) is 6.15. The van der Waals surface area contributed by atoms with Crippen molar-refractivity contribution < 1.29 is 9.53 Å². The molecule has 0 aliphatic heterocycles. The summed E-state index contributed by atoms with van der Waals surface area (Å²) >= 11 is 1.42. The number of aromatic nitrogens is 1. The molecular weight excluding hydrogens is 310 g/mol. The SMILES string of the molecule is CCCN(CCC)C(=O)COc1ccc(-c2csc(N)n2)cc1. The van der Waals surface area contributed by atoms with Crippen LogP contribution in [-0.4, -0.2) is 35.5 Å². The van der Waals surface area contributed by atoms with Crippen LogP contribution in [-0.2, 0) is 4.79 Å². The zero-order valence-corrected chi connectivity index (χ0v) is 14.4. The van der Waals surface area contributed by atoms with Crippen molar-refractivity contribution in [3.63, 3.8) is 0 Å². The summed E-state index contributed by atoms with van der Waals surface area (Å²) in [6, 6.07) is 7.54. The number of nitrogens with two attached hydrogens (primary N) is 1. The lowest BCUT2D eigenvalue weighted by molar-refractivity contribution is -0.133. The number of amides is 1. The van der Waals surface area contributed by atoms with E-state index in [1.165, 1.54) is 11.3 Å². The van der Waals surface area contributed by atoms with Crippen LogP contribution in [0.5, 0.6) is 5.75 Å². The summed E-state index contributed by atoms with van der Waals surface area (Å²) in [7, 11) is 0. The Morgan fingerprint density at radius 2 is 1.87 bits per heavy atom. The minimum atomic E-state index is 0.0325. The van der Waals surface area contributed by atoms with Gasteiger partial charge in [0.1, 0.15) is 5.75 Å². The predicted octanol–water partition coefficient (Wildman–Crippen LogP) is 3.42. The van der Waals surface area contributed by atoms with Gasteiger partial charge in [0, 0.05) is 24.0 Å². The van der Waals surface area contributed by atoms with Gasteiger partial charge in [0.2, 0.25) is 0 Å². The molecule has 5 nitrogen and oxygen atoms in total. The maximum atomic E-state index is 12.2. The topological polar surface area (TPSA) is 68.5 Å². The lowest BCUT2D eigenvalue weighted by Gasteiger charge is -2.21. The lowest BCUT2D eigenvalue weighted by atomic mass is 10.2. The fourth-order valence-electron chi connectivity index (χ4n) is 2.28. The third-order valence-electron chi connectivity index (χ3n) is 3.37. The number of thiazole rings is 1. The van der Waals surface area contributed by atoms with E-state index in [2.05, 4.69) is 18.8 Å². The van der Waals surface area contributed by atoms with E-state index in [-0.39, 0.29) is 12.5 Å². The maximum Gasteiger partial charge on any atom is 0.260 e. The van der Waals surface area contributed by atoms with E-state index >= 15 is 0 Å². The van der Waals surface area contributed by atoms with Crippen molar-refractivity contribution >= 4 is 22.4 Å². The van der Waals surface area contributed by atoms with Gasteiger partial charge in [0.05, 0.1) is 5.69 Å². The van der Waals surface area contributed by atoms with E-state index in [4.69, 9.17) is 10.5 Å². The molecule has 0 saturated carbocycles. The first-order valence-electron chi connectivity index (χ1n) is 7.86. The van der Waals surface area contributed by atoms with Crippen LogP contribution in [0.4, 0.5) is 5.13 Å². The molecule has 0 aliphatic carbocycles. The van der Waals surface area contributed by atoms with Crippen LogP contribution in [0.25, 0.3) is 11.3 Å². The molecule has 124 valence electrons. The highest BCUT2D eigenvalue weighted by molar-refractivity contribution is 7.13. The number of benzene rings is 1. The molecule has 0 bridgehead atoms. The van der Waals surface area contributed by atoms with Crippen molar-refractivity contribution in [1.29, 1.82) is 0 Å². The Kier molecular flexibility index (Phi) is 6.40. The molecule has 1 heterocycles. The molecule has 0 radical (unpaired) electrons. The van der Waals surface area contributed by atoms with Crippen molar-refractivity contribution in [3.05, 3.63) is 29.6 Å². The Hall–Kier alpha value is -2.08. The number of rotatable bonds is 8. The molecule has 0 unspecified atom stereocenters. The lowest BCUT2D eigenvalue weighted by Crippen LogP contribution is -2.36. The smallest absolute Gasteiger partial charge is 0.260 e. The Balaban J connectivity index is 1.92. The third kappa shape index (κ3) is 4.96. The quantitative estimate of drug-likeness (QED) is 0.804. The van der Waals surface area contributed by atoms with Gasteiger partial charge in [-0.1, -0.05) is 13.8 Å². The average Bonchev–Trinajstić information content (AvgIpc) is 2.99. The summed E-state index contributed by atoms with van der Waals surface area (Å²) in [5.74, 6) is 0.711. The van der Waals surface area contributed by atoms with Crippen LogP contribution < -0.4 is 10.5 Å². The molecule has 2 rings (SSSR count). The number of ether oxygens (including phenoxy) is 1. The van der Waals surface area contributed by atoms with Crippen molar-refractivity contribution in [3.8, 4) is 17.0 Å². The summed E-state index contributed by atoms with van der Waals surface area (Å²) in [5, 5.41) is 2.47. The number of hydrogen-bond acceptors (Lipinski definition) is 5. The van der Waals surface area contributed by atoms with E-state index in [0.717, 1.165) is 37.2 Å². The van der Waals surface area contributed by atoms with Crippen LogP contribution in [0.1, 0.15) is 26.7 Å². The van der Waals surface area contributed by atoms with Crippen LogP contribution in [0, 0.1) is 0 Å². The molecule has 2 aromatic rings. The molecule has 6 heteroatoms. The Labute approximate surface area is 141 Å². The number of anilines is 1. The number of carbonyl (C=O) groups is 1. The molecule has 2 N–H and O–H groups in total. The Morgan fingerprint density at radius 1 is 1.22 bits per heavy atom. The normalized spacial score (nSPS) is 10.5. The zero-order chi connectivity index (χ0) is 16.7. The number of hydrogen-bond donors (Lipinski definition) is 1. The summed E-state index contributed by atoms with van der Waals surface area (Å²) in [5.41, 5.74) is 7.48. The zero-order valence-electron chi connectivity index (χ0n) is 13.6. The fourth-order valence-corrected chi connectivity index (χ4v) is 2.85. The number of carbonyl (C=O) groups excluding carboxylic acids is 1. The standard InChI is InChI=1S/C17H23N3O2S/c1-3-9-20(10-4-2)16(21)11-22-14-7-5-13(6-8-14)15-12-23-17(18)19-15/h5-8,12H,3-4,9-11H2,1-2H3,(H2,18,19). The highest BCUT2D eigenvalue weighted by Crippen LogP contribution is 2.25. The van der Waals surface area contributed by atoms with Crippen molar-refractivity contribution in [2.45, 2.75) is 26.7 Å². The highest BCUT2D eigenvalue weighted by Gasteiger charge is 2.12. The summed E-state index contributed by atoms with van der Waals surface area (Å²) < 4.78 is 5.60.